The van der Waals surface area contributed by atoms with Crippen molar-refractivity contribution in [3.8, 4) is 0 Å². The molecule has 2 rings (SSSR count). The van der Waals surface area contributed by atoms with Crippen molar-refractivity contribution >= 4 is 12.1 Å². The third-order valence-corrected chi connectivity index (χ3v) is 3.83. The Morgan fingerprint density at radius 2 is 2.09 bits per heavy atom. The summed E-state index contributed by atoms with van der Waals surface area (Å²) in [4.78, 5) is 25.0. The summed E-state index contributed by atoms with van der Waals surface area (Å²) in [6, 6.07) is 8.64. The zero-order chi connectivity index (χ0) is 15.9. The lowest BCUT2D eigenvalue weighted by molar-refractivity contribution is -0.143. The van der Waals surface area contributed by atoms with Crippen LogP contribution in [0.4, 0.5) is 4.79 Å². The molecule has 0 aromatic heterocycles. The van der Waals surface area contributed by atoms with Gasteiger partial charge >= 0.3 is 12.1 Å². The first-order valence-corrected chi connectivity index (χ1v) is 7.55. The zero-order valence-electron chi connectivity index (χ0n) is 12.7. The molecule has 6 heteroatoms. The number of aliphatic carboxylic acids is 1. The third kappa shape index (κ3) is 4.21. The molecule has 0 saturated carbocycles. The molecule has 2 N–H and O–H groups in total. The molecule has 6 nitrogen and oxygen atoms in total. The van der Waals surface area contributed by atoms with Crippen molar-refractivity contribution in [1.82, 2.24) is 10.2 Å². The highest BCUT2D eigenvalue weighted by atomic mass is 16.6. The van der Waals surface area contributed by atoms with E-state index in [1.807, 2.05) is 30.3 Å². The van der Waals surface area contributed by atoms with E-state index < -0.39 is 18.1 Å². The highest BCUT2D eigenvalue weighted by molar-refractivity contribution is 5.80. The zero-order valence-corrected chi connectivity index (χ0v) is 12.7. The minimum absolute atomic E-state index is 0.143. The number of rotatable bonds is 7. The number of amides is 1. The van der Waals surface area contributed by atoms with Crippen molar-refractivity contribution in [1.29, 1.82) is 0 Å². The lowest BCUT2D eigenvalue weighted by Gasteiger charge is -2.35. The molecule has 2 unspecified atom stereocenters. The van der Waals surface area contributed by atoms with Crippen molar-refractivity contribution in [2.45, 2.75) is 38.5 Å². The highest BCUT2D eigenvalue weighted by Gasteiger charge is 2.32. The summed E-state index contributed by atoms with van der Waals surface area (Å²) in [5, 5.41) is 12.5. The Labute approximate surface area is 130 Å². The summed E-state index contributed by atoms with van der Waals surface area (Å²) in [7, 11) is 0. The fourth-order valence-electron chi connectivity index (χ4n) is 2.40. The largest absolute Gasteiger partial charge is 0.480 e. The van der Waals surface area contributed by atoms with Gasteiger partial charge < -0.3 is 15.2 Å². The number of carboxylic acids is 1. The molecule has 1 aromatic carbocycles. The van der Waals surface area contributed by atoms with E-state index in [4.69, 9.17) is 4.74 Å². The number of carbonyl (C=O) groups excluding carboxylic acids is 1. The van der Waals surface area contributed by atoms with Gasteiger partial charge in [0.2, 0.25) is 0 Å². The van der Waals surface area contributed by atoms with E-state index in [0.29, 0.717) is 13.0 Å². The minimum Gasteiger partial charge on any atom is -0.480 e. The van der Waals surface area contributed by atoms with Crippen molar-refractivity contribution in [2.75, 3.05) is 13.1 Å². The smallest absolute Gasteiger partial charge is 0.410 e. The van der Waals surface area contributed by atoms with Crippen LogP contribution in [0.3, 0.4) is 0 Å². The quantitative estimate of drug-likeness (QED) is 0.804. The van der Waals surface area contributed by atoms with E-state index in [-0.39, 0.29) is 12.6 Å². The fraction of sp³-hybridized carbons (Fsp3) is 0.500. The molecule has 22 heavy (non-hydrogen) atoms. The van der Waals surface area contributed by atoms with Gasteiger partial charge in [0.1, 0.15) is 12.6 Å². The molecule has 0 bridgehead atoms. The Bertz CT molecular complexity index is 502. The van der Waals surface area contributed by atoms with Gasteiger partial charge in [0.25, 0.3) is 0 Å². The van der Waals surface area contributed by atoms with E-state index in [1.165, 1.54) is 4.90 Å². The first-order valence-electron chi connectivity index (χ1n) is 7.55. The average molecular weight is 306 g/mol. The number of nitrogens with zero attached hydrogens (tertiary/aromatic N) is 1. The van der Waals surface area contributed by atoms with Crippen molar-refractivity contribution in [3.05, 3.63) is 35.9 Å². The number of ether oxygens (including phenoxy) is 1. The summed E-state index contributed by atoms with van der Waals surface area (Å²) >= 11 is 0. The van der Waals surface area contributed by atoms with Gasteiger partial charge in [0, 0.05) is 12.6 Å². The maximum atomic E-state index is 12.3. The van der Waals surface area contributed by atoms with Crippen LogP contribution in [0.5, 0.6) is 0 Å². The number of benzene rings is 1. The number of hydrogen-bond acceptors (Lipinski definition) is 4. The fourth-order valence-corrected chi connectivity index (χ4v) is 2.40. The van der Waals surface area contributed by atoms with E-state index in [0.717, 1.165) is 18.5 Å². The van der Waals surface area contributed by atoms with Crippen LogP contribution >= 0.6 is 0 Å². The van der Waals surface area contributed by atoms with E-state index >= 15 is 0 Å². The summed E-state index contributed by atoms with van der Waals surface area (Å²) in [5.74, 6) is -1.00. The van der Waals surface area contributed by atoms with Crippen molar-refractivity contribution in [2.24, 2.45) is 0 Å². The standard InChI is InChI=1S/C16H22N2O4/c1-2-14(15(19)20)18(10-13-8-9-17-13)16(21)22-11-12-6-4-3-5-7-12/h3-7,13-14,17H,2,8-11H2,1H3,(H,19,20). The highest BCUT2D eigenvalue weighted by Crippen LogP contribution is 2.13. The lowest BCUT2D eigenvalue weighted by atomic mass is 10.1. The van der Waals surface area contributed by atoms with Crippen LogP contribution in [0.25, 0.3) is 0 Å². The third-order valence-electron chi connectivity index (χ3n) is 3.83. The van der Waals surface area contributed by atoms with Gasteiger partial charge in [-0.15, -0.1) is 0 Å². The van der Waals surface area contributed by atoms with E-state index in [9.17, 15) is 14.7 Å². The predicted molar refractivity (Wildman–Crippen MR) is 81.5 cm³/mol. The van der Waals surface area contributed by atoms with Crippen LogP contribution in [0.1, 0.15) is 25.3 Å². The molecular formula is C16H22N2O4. The first kappa shape index (κ1) is 16.3. The molecule has 1 saturated heterocycles. The first-order chi connectivity index (χ1) is 10.6. The molecular weight excluding hydrogens is 284 g/mol. The second-order valence-corrected chi connectivity index (χ2v) is 5.39. The summed E-state index contributed by atoms with van der Waals surface area (Å²) < 4.78 is 5.29. The lowest BCUT2D eigenvalue weighted by Crippen LogP contribution is -2.55. The number of carbonyl (C=O) groups is 2. The topological polar surface area (TPSA) is 78.9 Å². The monoisotopic (exact) mass is 306 g/mol. The molecule has 1 aromatic rings. The van der Waals surface area contributed by atoms with E-state index in [2.05, 4.69) is 5.32 Å². The van der Waals surface area contributed by atoms with Gasteiger partial charge in [-0.1, -0.05) is 37.3 Å². The normalized spacial score (nSPS) is 18.1. The minimum atomic E-state index is -1.00. The van der Waals surface area contributed by atoms with Gasteiger partial charge in [-0.3, -0.25) is 4.90 Å². The maximum absolute atomic E-state index is 12.3. The number of hydrogen-bond donors (Lipinski definition) is 2. The molecule has 1 aliphatic rings. The second-order valence-electron chi connectivity index (χ2n) is 5.39. The average Bonchev–Trinajstić information content (AvgIpc) is 2.47. The Morgan fingerprint density at radius 3 is 2.59 bits per heavy atom. The van der Waals surface area contributed by atoms with Crippen LogP contribution in [0.2, 0.25) is 0 Å². The molecule has 0 aliphatic carbocycles. The summed E-state index contributed by atoms with van der Waals surface area (Å²) in [6.45, 7) is 3.16. The number of carboxylic acid groups (broad SMARTS) is 1. The van der Waals surface area contributed by atoms with Gasteiger partial charge in [-0.05, 0) is 24.9 Å². The van der Waals surface area contributed by atoms with Crippen LogP contribution in [-0.2, 0) is 16.1 Å². The maximum Gasteiger partial charge on any atom is 0.410 e. The SMILES string of the molecule is CCC(C(=O)O)N(CC1CCN1)C(=O)OCc1ccccc1. The van der Waals surface area contributed by atoms with Gasteiger partial charge in [-0.25, -0.2) is 9.59 Å². The van der Waals surface area contributed by atoms with Crippen molar-refractivity contribution in [3.63, 3.8) is 0 Å². The van der Waals surface area contributed by atoms with Gasteiger partial charge in [0.05, 0.1) is 0 Å². The Morgan fingerprint density at radius 1 is 1.41 bits per heavy atom. The second kappa shape index (κ2) is 7.79. The van der Waals surface area contributed by atoms with Crippen LogP contribution in [0, 0.1) is 0 Å². The van der Waals surface area contributed by atoms with Crippen LogP contribution in [0.15, 0.2) is 30.3 Å². The Balaban J connectivity index is 1.99. The molecule has 1 heterocycles. The summed E-state index contributed by atoms with van der Waals surface area (Å²) in [5.41, 5.74) is 0.876. The molecule has 2 atom stereocenters. The van der Waals surface area contributed by atoms with Gasteiger partial charge in [-0.2, -0.15) is 0 Å². The Kier molecular flexibility index (Phi) is 5.77. The van der Waals surface area contributed by atoms with Crippen LogP contribution < -0.4 is 5.32 Å². The van der Waals surface area contributed by atoms with Gasteiger partial charge in [0.15, 0.2) is 0 Å². The molecule has 1 aliphatic heterocycles. The number of nitrogens with one attached hydrogen (secondary N) is 1. The van der Waals surface area contributed by atoms with E-state index in [1.54, 1.807) is 6.92 Å². The summed E-state index contributed by atoms with van der Waals surface area (Å²) in [6.07, 6.45) is 0.716. The Hall–Kier alpha value is -2.08. The predicted octanol–water partition coefficient (Wildman–Crippen LogP) is 1.85. The van der Waals surface area contributed by atoms with Crippen molar-refractivity contribution < 1.29 is 19.4 Å². The molecule has 0 radical (unpaired) electrons. The van der Waals surface area contributed by atoms with Crippen LogP contribution in [-0.4, -0.2) is 47.2 Å². The molecule has 0 spiro atoms. The molecule has 120 valence electrons. The molecule has 1 amide bonds. The molecule has 1 fully saturated rings.